The molecule has 1 fully saturated rings. The van der Waals surface area contributed by atoms with Crippen molar-refractivity contribution < 1.29 is 14.3 Å². The van der Waals surface area contributed by atoms with Crippen LogP contribution in [0.5, 0.6) is 0 Å². The molecule has 1 heterocycles. The molecule has 1 saturated heterocycles. The Labute approximate surface area is 166 Å². The van der Waals surface area contributed by atoms with Crippen LogP contribution in [0, 0.1) is 0 Å². The van der Waals surface area contributed by atoms with Crippen molar-refractivity contribution in [1.82, 2.24) is 5.32 Å². The highest BCUT2D eigenvalue weighted by Gasteiger charge is 2.16. The number of hydrogen-bond donors (Lipinski definition) is 3. The van der Waals surface area contributed by atoms with Gasteiger partial charge in [0.1, 0.15) is 0 Å². The normalized spacial score (nSPS) is 16.0. The van der Waals surface area contributed by atoms with Crippen molar-refractivity contribution in [2.75, 3.05) is 30.3 Å². The van der Waals surface area contributed by atoms with Gasteiger partial charge in [-0.25, -0.2) is 0 Å². The van der Waals surface area contributed by atoms with Crippen LogP contribution in [0.3, 0.4) is 0 Å². The van der Waals surface area contributed by atoms with E-state index in [2.05, 4.69) is 31.9 Å². The summed E-state index contributed by atoms with van der Waals surface area (Å²) in [5, 5.41) is 8.76. The minimum Gasteiger partial charge on any atom is -0.376 e. The van der Waals surface area contributed by atoms with Crippen LogP contribution < -0.4 is 16.0 Å². The van der Waals surface area contributed by atoms with Gasteiger partial charge in [-0.3, -0.25) is 9.59 Å². The van der Waals surface area contributed by atoms with E-state index in [0.29, 0.717) is 12.1 Å². The van der Waals surface area contributed by atoms with Gasteiger partial charge >= 0.3 is 0 Å². The minimum atomic E-state index is -0.147. The number of carbonyl (C=O) groups excluding carboxylic acids is 2. The lowest BCUT2D eigenvalue weighted by Crippen LogP contribution is -2.31. The zero-order valence-corrected chi connectivity index (χ0v) is 16.4. The fourth-order valence-corrected chi connectivity index (χ4v) is 3.21. The maximum Gasteiger partial charge on any atom is 0.251 e. The van der Waals surface area contributed by atoms with Crippen molar-refractivity contribution in [3.8, 4) is 0 Å². The highest BCUT2D eigenvalue weighted by atomic mass is 79.9. The molecule has 1 aliphatic rings. The maximum atomic E-state index is 12.2. The average molecular weight is 432 g/mol. The van der Waals surface area contributed by atoms with Gasteiger partial charge in [-0.15, -0.1) is 0 Å². The summed E-state index contributed by atoms with van der Waals surface area (Å²) in [6.45, 7) is 1.45. The number of ether oxygens (including phenoxy) is 1. The zero-order valence-electron chi connectivity index (χ0n) is 14.8. The molecule has 1 atom stereocenters. The van der Waals surface area contributed by atoms with Crippen LogP contribution in [0.2, 0.25) is 0 Å². The Balaban J connectivity index is 1.44. The van der Waals surface area contributed by atoms with Gasteiger partial charge in [0, 0.05) is 34.6 Å². The smallest absolute Gasteiger partial charge is 0.251 e. The molecule has 0 aromatic heterocycles. The first kappa shape index (κ1) is 19.4. The van der Waals surface area contributed by atoms with Crippen LogP contribution in [0.25, 0.3) is 0 Å². The number of benzene rings is 2. The standard InChI is InChI=1S/C20H22BrN3O3/c21-15-3-1-4-17(11-15)24-19(25)13-22-16-8-6-14(7-9-16)20(26)23-12-18-5-2-10-27-18/h1,3-4,6-9,11,18,22H,2,5,10,12-13H2,(H,23,26)(H,24,25). The predicted octanol–water partition coefficient (Wildman–Crippen LogP) is 3.41. The number of hydrogen-bond acceptors (Lipinski definition) is 4. The van der Waals surface area contributed by atoms with Gasteiger partial charge in [0.25, 0.3) is 5.91 Å². The molecule has 0 spiro atoms. The van der Waals surface area contributed by atoms with E-state index in [0.717, 1.165) is 35.3 Å². The molecule has 7 heteroatoms. The molecule has 0 aliphatic carbocycles. The molecule has 1 aliphatic heterocycles. The van der Waals surface area contributed by atoms with Crippen LogP contribution in [-0.2, 0) is 9.53 Å². The van der Waals surface area contributed by atoms with Crippen molar-refractivity contribution >= 4 is 39.1 Å². The third-order valence-corrected chi connectivity index (χ3v) is 4.72. The second kappa shape index (κ2) is 9.53. The second-order valence-corrected chi connectivity index (χ2v) is 7.25. The lowest BCUT2D eigenvalue weighted by Gasteiger charge is -2.11. The molecule has 2 aromatic rings. The minimum absolute atomic E-state index is 0.121. The number of nitrogens with one attached hydrogen (secondary N) is 3. The molecule has 1 unspecified atom stereocenters. The Kier molecular flexibility index (Phi) is 6.84. The SMILES string of the molecule is O=C(CNc1ccc(C(=O)NCC2CCCO2)cc1)Nc1cccc(Br)c1. The largest absolute Gasteiger partial charge is 0.376 e. The Morgan fingerprint density at radius 2 is 1.93 bits per heavy atom. The van der Waals surface area contributed by atoms with Crippen molar-refractivity contribution in [3.05, 3.63) is 58.6 Å². The first-order chi connectivity index (χ1) is 13.1. The fraction of sp³-hybridized carbons (Fsp3) is 0.300. The molecule has 0 bridgehead atoms. The van der Waals surface area contributed by atoms with Crippen molar-refractivity contribution in [2.24, 2.45) is 0 Å². The van der Waals surface area contributed by atoms with Gasteiger partial charge < -0.3 is 20.7 Å². The molecule has 2 aromatic carbocycles. The van der Waals surface area contributed by atoms with E-state index in [-0.39, 0.29) is 24.5 Å². The molecule has 3 N–H and O–H groups in total. The van der Waals surface area contributed by atoms with E-state index in [1.165, 1.54) is 0 Å². The van der Waals surface area contributed by atoms with Gasteiger partial charge in [0.15, 0.2) is 0 Å². The number of halogens is 1. The highest BCUT2D eigenvalue weighted by Crippen LogP contribution is 2.16. The summed E-state index contributed by atoms with van der Waals surface area (Å²) in [5.74, 6) is -0.268. The Morgan fingerprint density at radius 3 is 2.63 bits per heavy atom. The molecule has 142 valence electrons. The van der Waals surface area contributed by atoms with Crippen molar-refractivity contribution in [1.29, 1.82) is 0 Å². The van der Waals surface area contributed by atoms with E-state index in [9.17, 15) is 9.59 Å². The predicted molar refractivity (Wildman–Crippen MR) is 109 cm³/mol. The van der Waals surface area contributed by atoms with Crippen molar-refractivity contribution in [2.45, 2.75) is 18.9 Å². The molecule has 0 radical (unpaired) electrons. The van der Waals surface area contributed by atoms with E-state index in [1.54, 1.807) is 24.3 Å². The van der Waals surface area contributed by atoms with E-state index >= 15 is 0 Å². The van der Waals surface area contributed by atoms with Crippen LogP contribution in [-0.4, -0.2) is 37.6 Å². The maximum absolute atomic E-state index is 12.2. The fourth-order valence-electron chi connectivity index (χ4n) is 2.81. The monoisotopic (exact) mass is 431 g/mol. The molecule has 2 amide bonds. The summed E-state index contributed by atoms with van der Waals surface area (Å²) in [4.78, 5) is 24.2. The van der Waals surface area contributed by atoms with Crippen LogP contribution >= 0.6 is 15.9 Å². The number of rotatable bonds is 7. The summed E-state index contributed by atoms with van der Waals surface area (Å²) >= 11 is 3.37. The molecule has 6 nitrogen and oxygen atoms in total. The number of anilines is 2. The first-order valence-electron chi connectivity index (χ1n) is 8.89. The van der Waals surface area contributed by atoms with Crippen LogP contribution in [0.1, 0.15) is 23.2 Å². The molecule has 0 saturated carbocycles. The number of amides is 2. The molecular weight excluding hydrogens is 410 g/mol. The van der Waals surface area contributed by atoms with Gasteiger partial charge in [-0.2, -0.15) is 0 Å². The third-order valence-electron chi connectivity index (χ3n) is 4.22. The Hall–Kier alpha value is -2.38. The molecule has 27 heavy (non-hydrogen) atoms. The van der Waals surface area contributed by atoms with Crippen molar-refractivity contribution in [3.63, 3.8) is 0 Å². The lowest BCUT2D eigenvalue weighted by molar-refractivity contribution is -0.114. The second-order valence-electron chi connectivity index (χ2n) is 6.33. The quantitative estimate of drug-likeness (QED) is 0.627. The Bertz CT molecular complexity index is 789. The Morgan fingerprint density at radius 1 is 1.11 bits per heavy atom. The summed E-state index contributed by atoms with van der Waals surface area (Å²) in [6, 6.07) is 14.5. The van der Waals surface area contributed by atoms with E-state index in [1.807, 2.05) is 24.3 Å². The van der Waals surface area contributed by atoms with E-state index < -0.39 is 0 Å². The highest BCUT2D eigenvalue weighted by molar-refractivity contribution is 9.10. The molecule has 3 rings (SSSR count). The van der Waals surface area contributed by atoms with Gasteiger partial charge in [-0.1, -0.05) is 22.0 Å². The summed E-state index contributed by atoms with van der Waals surface area (Å²) in [5.41, 5.74) is 2.08. The van der Waals surface area contributed by atoms with E-state index in [4.69, 9.17) is 4.74 Å². The summed E-state index contributed by atoms with van der Waals surface area (Å²) in [7, 11) is 0. The number of carbonyl (C=O) groups is 2. The van der Waals surface area contributed by atoms with Gasteiger partial charge in [0.05, 0.1) is 12.6 Å². The molecular formula is C20H22BrN3O3. The summed E-state index contributed by atoms with van der Waals surface area (Å²) < 4.78 is 6.40. The van der Waals surface area contributed by atoms with Crippen LogP contribution in [0.4, 0.5) is 11.4 Å². The zero-order chi connectivity index (χ0) is 19.1. The average Bonchev–Trinajstić information content (AvgIpc) is 3.18. The van der Waals surface area contributed by atoms with Gasteiger partial charge in [0.2, 0.25) is 5.91 Å². The summed E-state index contributed by atoms with van der Waals surface area (Å²) in [6.07, 6.45) is 2.17. The third kappa shape index (κ3) is 6.08. The van der Waals surface area contributed by atoms with Gasteiger partial charge in [-0.05, 0) is 55.3 Å². The first-order valence-corrected chi connectivity index (χ1v) is 9.68. The lowest BCUT2D eigenvalue weighted by atomic mass is 10.2. The van der Waals surface area contributed by atoms with Crippen LogP contribution in [0.15, 0.2) is 53.0 Å². The topological polar surface area (TPSA) is 79.5 Å².